The van der Waals surface area contributed by atoms with Gasteiger partial charge in [-0.1, -0.05) is 17.8 Å². The molecule has 37 heavy (non-hydrogen) atoms. The molecule has 2 heterocycles. The summed E-state index contributed by atoms with van der Waals surface area (Å²) >= 11 is 0. The zero-order valence-corrected chi connectivity index (χ0v) is 20.2. The predicted octanol–water partition coefficient (Wildman–Crippen LogP) is 0.920. The molecule has 13 heteroatoms. The van der Waals surface area contributed by atoms with Crippen LogP contribution in [0.2, 0.25) is 0 Å². The van der Waals surface area contributed by atoms with Crippen molar-refractivity contribution in [2.24, 2.45) is 16.5 Å². The molecule has 1 aromatic carbocycles. The van der Waals surface area contributed by atoms with Crippen LogP contribution in [0.5, 0.6) is 5.75 Å². The number of hydrogen-bond acceptors (Lipinski definition) is 8. The van der Waals surface area contributed by atoms with E-state index in [0.717, 1.165) is 0 Å². The minimum absolute atomic E-state index is 0. The normalized spacial score (nSPS) is 9.92. The number of carbonyl (C=O) groups is 2. The minimum Gasteiger partial charge on any atom is -0.481 e. The van der Waals surface area contributed by atoms with Crippen molar-refractivity contribution in [3.8, 4) is 29.9 Å². The van der Waals surface area contributed by atoms with Gasteiger partial charge in [0.15, 0.2) is 17.4 Å². The van der Waals surface area contributed by atoms with Gasteiger partial charge in [-0.2, -0.15) is 5.10 Å². The Kier molecular flexibility index (Phi) is 10.9. The van der Waals surface area contributed by atoms with Gasteiger partial charge < -0.3 is 30.8 Å². The van der Waals surface area contributed by atoms with Gasteiger partial charge in [-0.05, 0) is 30.3 Å². The summed E-state index contributed by atoms with van der Waals surface area (Å²) in [7, 11) is 0. The number of esters is 1. The average molecular weight is 527 g/mol. The van der Waals surface area contributed by atoms with Gasteiger partial charge in [-0.3, -0.25) is 4.79 Å². The van der Waals surface area contributed by atoms with E-state index in [9.17, 15) is 9.59 Å². The van der Waals surface area contributed by atoms with Crippen molar-refractivity contribution in [3.05, 3.63) is 53.5 Å². The van der Waals surface area contributed by atoms with E-state index in [1.165, 1.54) is 41.2 Å². The maximum atomic E-state index is 13.0. The fourth-order valence-corrected chi connectivity index (χ4v) is 3.00. The number of benzene rings is 1. The third kappa shape index (κ3) is 8.23. The second-order valence-corrected chi connectivity index (χ2v) is 7.02. The zero-order chi connectivity index (χ0) is 25.9. The van der Waals surface area contributed by atoms with Gasteiger partial charge in [0.1, 0.15) is 19.5 Å². The number of carbonyl (C=O) groups excluding carboxylic acids is 1. The monoisotopic (exact) mass is 526 g/mol. The van der Waals surface area contributed by atoms with Gasteiger partial charge in [-0.25, -0.2) is 19.3 Å². The number of nitrogens with zero attached hydrogens (tertiary/aromatic N) is 4. The van der Waals surface area contributed by atoms with E-state index in [2.05, 4.69) is 32.8 Å². The summed E-state index contributed by atoms with van der Waals surface area (Å²) in [5.74, 6) is 6.20. The molecule has 0 fully saturated rings. The summed E-state index contributed by atoms with van der Waals surface area (Å²) < 4.78 is 17.3. The Morgan fingerprint density at radius 2 is 1.89 bits per heavy atom. The Hall–Kier alpha value is -4.62. The van der Waals surface area contributed by atoms with E-state index >= 15 is 0 Å². The molecule has 0 spiro atoms. The van der Waals surface area contributed by atoms with E-state index in [1.807, 2.05) is 0 Å². The number of ether oxygens (including phenoxy) is 3. The first-order valence-corrected chi connectivity index (χ1v) is 10.5. The number of guanidine groups is 1. The number of terminal acetylenes is 1. The molecule has 0 aliphatic rings. The predicted molar refractivity (Wildman–Crippen MR) is 136 cm³/mol. The van der Waals surface area contributed by atoms with Crippen molar-refractivity contribution < 1.29 is 28.9 Å². The lowest BCUT2D eigenvalue weighted by Gasteiger charge is -2.09. The summed E-state index contributed by atoms with van der Waals surface area (Å²) in [6.45, 7) is 0.893. The van der Waals surface area contributed by atoms with Crippen LogP contribution in [0.15, 0.2) is 41.7 Å². The van der Waals surface area contributed by atoms with Crippen molar-refractivity contribution in [2.75, 3.05) is 26.4 Å². The van der Waals surface area contributed by atoms with Gasteiger partial charge in [0, 0.05) is 5.56 Å². The second kappa shape index (κ2) is 14.1. The van der Waals surface area contributed by atoms with E-state index in [1.54, 1.807) is 0 Å². The highest BCUT2D eigenvalue weighted by molar-refractivity contribution is 5.95. The number of halogens is 1. The van der Waals surface area contributed by atoms with Crippen LogP contribution in [0, 0.1) is 24.2 Å². The van der Waals surface area contributed by atoms with Gasteiger partial charge in [0.2, 0.25) is 0 Å². The highest BCUT2D eigenvalue weighted by Gasteiger charge is 2.18. The molecule has 12 nitrogen and oxygen atoms in total. The third-order valence-corrected chi connectivity index (χ3v) is 4.44. The SMILES string of the molecule is C#CCOCCOCC#Cc1cc(N=C(N)N)ccc1C(=O)Oc1ccc(CC(=O)O)n2ncnc12.Cl. The van der Waals surface area contributed by atoms with Crippen LogP contribution in [0.25, 0.3) is 5.65 Å². The van der Waals surface area contributed by atoms with Crippen molar-refractivity contribution in [1.82, 2.24) is 14.6 Å². The topological polar surface area (TPSA) is 177 Å². The van der Waals surface area contributed by atoms with Crippen LogP contribution in [0.4, 0.5) is 5.69 Å². The third-order valence-electron chi connectivity index (χ3n) is 4.44. The summed E-state index contributed by atoms with van der Waals surface area (Å²) in [5, 5.41) is 13.1. The average Bonchev–Trinajstić information content (AvgIpc) is 3.33. The molecule has 0 bridgehead atoms. The molecule has 0 amide bonds. The Bertz CT molecular complexity index is 1400. The molecule has 2 aromatic heterocycles. The van der Waals surface area contributed by atoms with E-state index in [0.29, 0.717) is 30.2 Å². The smallest absolute Gasteiger partial charge is 0.344 e. The second-order valence-electron chi connectivity index (χ2n) is 7.02. The van der Waals surface area contributed by atoms with Crippen LogP contribution in [0.1, 0.15) is 21.6 Å². The number of carboxylic acid groups (broad SMARTS) is 1. The first-order valence-electron chi connectivity index (χ1n) is 10.5. The van der Waals surface area contributed by atoms with Gasteiger partial charge in [-0.15, -0.1) is 18.8 Å². The largest absolute Gasteiger partial charge is 0.481 e. The van der Waals surface area contributed by atoms with E-state index in [-0.39, 0.29) is 55.0 Å². The standard InChI is InChI=1S/C24H22N6O6.ClH/c1-2-9-34-11-12-35-10-3-4-16-13-17(29-24(25)26)5-7-19(16)23(33)36-20-8-6-18(14-21(31)32)30-22(20)27-15-28-30;/h1,5-8,13,15H,9-12,14H2,(H,31,32)(H4,25,26,29);1H. The van der Waals surface area contributed by atoms with Crippen molar-refractivity contribution in [3.63, 3.8) is 0 Å². The number of hydrogen-bond donors (Lipinski definition) is 3. The molecule has 5 N–H and O–H groups in total. The first kappa shape index (κ1) is 28.6. The molecule has 0 aliphatic heterocycles. The number of rotatable bonds is 10. The Balaban J connectivity index is 0.00000481. The van der Waals surface area contributed by atoms with Crippen LogP contribution in [-0.4, -0.2) is 64.0 Å². The summed E-state index contributed by atoms with van der Waals surface area (Å²) in [6, 6.07) is 7.48. The number of pyridine rings is 1. The number of fused-ring (bicyclic) bond motifs is 1. The molecule has 192 valence electrons. The van der Waals surface area contributed by atoms with Gasteiger partial charge in [0.25, 0.3) is 0 Å². The molecule has 0 unspecified atom stereocenters. The highest BCUT2D eigenvalue weighted by Crippen LogP contribution is 2.23. The number of carboxylic acids is 1. The number of aromatic nitrogens is 3. The van der Waals surface area contributed by atoms with Crippen LogP contribution in [-0.2, 0) is 20.7 Å². The quantitative estimate of drug-likeness (QED) is 0.113. The molecule has 0 atom stereocenters. The van der Waals surface area contributed by atoms with Gasteiger partial charge in [0.05, 0.1) is 36.6 Å². The molecular formula is C24H23ClN6O6. The number of aliphatic carboxylic acids is 1. The van der Waals surface area contributed by atoms with Crippen molar-refractivity contribution >= 4 is 41.6 Å². The summed E-state index contributed by atoms with van der Waals surface area (Å²) in [5.41, 5.74) is 12.3. The van der Waals surface area contributed by atoms with Gasteiger partial charge >= 0.3 is 11.9 Å². The molecular weight excluding hydrogens is 504 g/mol. The molecule has 3 rings (SSSR count). The highest BCUT2D eigenvalue weighted by atomic mass is 35.5. The lowest BCUT2D eigenvalue weighted by molar-refractivity contribution is -0.136. The Morgan fingerprint density at radius 3 is 2.59 bits per heavy atom. The summed E-state index contributed by atoms with van der Waals surface area (Å²) in [6.07, 6.45) is 6.05. The van der Waals surface area contributed by atoms with Crippen LogP contribution >= 0.6 is 12.4 Å². The number of nitrogens with two attached hydrogens (primary N) is 2. The first-order chi connectivity index (χ1) is 17.4. The van der Waals surface area contributed by atoms with Crippen molar-refractivity contribution in [1.29, 1.82) is 0 Å². The maximum Gasteiger partial charge on any atom is 0.344 e. The van der Waals surface area contributed by atoms with Crippen LogP contribution in [0.3, 0.4) is 0 Å². The Labute approximate surface area is 218 Å². The lowest BCUT2D eigenvalue weighted by Crippen LogP contribution is -2.21. The Morgan fingerprint density at radius 1 is 1.14 bits per heavy atom. The van der Waals surface area contributed by atoms with Crippen molar-refractivity contribution in [2.45, 2.75) is 6.42 Å². The van der Waals surface area contributed by atoms with Crippen LogP contribution < -0.4 is 16.2 Å². The molecule has 0 aliphatic carbocycles. The zero-order valence-electron chi connectivity index (χ0n) is 19.4. The molecule has 0 saturated carbocycles. The minimum atomic E-state index is -1.04. The lowest BCUT2D eigenvalue weighted by atomic mass is 10.1. The summed E-state index contributed by atoms with van der Waals surface area (Å²) in [4.78, 5) is 32.2. The van der Waals surface area contributed by atoms with E-state index < -0.39 is 11.9 Å². The van der Waals surface area contributed by atoms with E-state index in [4.69, 9.17) is 37.2 Å². The molecule has 0 saturated heterocycles. The fourth-order valence-electron chi connectivity index (χ4n) is 3.00. The fraction of sp³-hybridized carbons (Fsp3) is 0.208. The molecule has 0 radical (unpaired) electrons. The maximum absolute atomic E-state index is 13.0. The molecule has 3 aromatic rings. The number of aliphatic imine (C=N–C) groups is 1.